The molecule has 0 aliphatic carbocycles. The van der Waals surface area contributed by atoms with Crippen LogP contribution in [0.25, 0.3) is 0 Å². The highest BCUT2D eigenvalue weighted by molar-refractivity contribution is 5.92. The molecule has 8 nitrogen and oxygen atoms in total. The van der Waals surface area contributed by atoms with Crippen LogP contribution in [0.5, 0.6) is 0 Å². The van der Waals surface area contributed by atoms with Gasteiger partial charge in [0.1, 0.15) is 5.76 Å². The number of amides is 2. The first kappa shape index (κ1) is 19.4. The van der Waals surface area contributed by atoms with E-state index in [2.05, 4.69) is 10.5 Å². The molecule has 0 aromatic carbocycles. The molecule has 1 fully saturated rings. The van der Waals surface area contributed by atoms with Crippen molar-refractivity contribution in [3.05, 3.63) is 17.5 Å². The van der Waals surface area contributed by atoms with E-state index in [1.54, 1.807) is 25.0 Å². The molecule has 1 aliphatic rings. The summed E-state index contributed by atoms with van der Waals surface area (Å²) in [7, 11) is 1.63. The average Bonchev–Trinajstić information content (AvgIpc) is 3.26. The Bertz CT molecular complexity index is 554. The molecule has 140 valence electrons. The maximum absolute atomic E-state index is 12.7. The Balaban J connectivity index is 1.87. The highest BCUT2D eigenvalue weighted by Gasteiger charge is 2.25. The number of aromatic nitrogens is 1. The Hall–Kier alpha value is -1.93. The number of rotatable bonds is 10. The lowest BCUT2D eigenvalue weighted by atomic mass is 10.2. The Morgan fingerprint density at radius 1 is 1.48 bits per heavy atom. The van der Waals surface area contributed by atoms with E-state index in [9.17, 15) is 9.59 Å². The van der Waals surface area contributed by atoms with Crippen LogP contribution >= 0.6 is 0 Å². The van der Waals surface area contributed by atoms with E-state index in [0.717, 1.165) is 25.9 Å². The van der Waals surface area contributed by atoms with Gasteiger partial charge in [0.25, 0.3) is 5.91 Å². The van der Waals surface area contributed by atoms with E-state index < -0.39 is 0 Å². The summed E-state index contributed by atoms with van der Waals surface area (Å²) in [6.07, 6.45) is 2.93. The summed E-state index contributed by atoms with van der Waals surface area (Å²) in [5.41, 5.74) is 0.260. The smallest absolute Gasteiger partial charge is 0.276 e. The minimum Gasteiger partial charge on any atom is -0.385 e. The van der Waals surface area contributed by atoms with Crippen LogP contribution in [0.3, 0.4) is 0 Å². The van der Waals surface area contributed by atoms with Crippen molar-refractivity contribution in [2.75, 3.05) is 40.0 Å². The molecule has 0 radical (unpaired) electrons. The van der Waals surface area contributed by atoms with E-state index in [4.69, 9.17) is 14.0 Å². The molecular formula is C17H27N3O5. The summed E-state index contributed by atoms with van der Waals surface area (Å²) in [4.78, 5) is 26.2. The lowest BCUT2D eigenvalue weighted by Crippen LogP contribution is -2.40. The summed E-state index contributed by atoms with van der Waals surface area (Å²) < 4.78 is 15.6. The number of nitrogens with one attached hydrogen (secondary N) is 1. The van der Waals surface area contributed by atoms with Crippen molar-refractivity contribution in [3.8, 4) is 0 Å². The van der Waals surface area contributed by atoms with Crippen LogP contribution in [-0.2, 0) is 14.3 Å². The standard InChI is InChI=1S/C17H27N3O5/c1-13-11-15(19-25-13)17(22)20(12-14-5-3-10-24-14)8-6-16(21)18-7-4-9-23-2/h11,14H,3-10,12H2,1-2H3,(H,18,21)/t14-/m1/s1. The van der Waals surface area contributed by atoms with Gasteiger partial charge in [-0.25, -0.2) is 0 Å². The summed E-state index contributed by atoms with van der Waals surface area (Å²) in [5.74, 6) is 0.258. The first-order valence-electron chi connectivity index (χ1n) is 8.70. The maximum atomic E-state index is 12.7. The van der Waals surface area contributed by atoms with E-state index in [-0.39, 0.29) is 30.0 Å². The zero-order valence-corrected chi connectivity index (χ0v) is 15.0. The number of carbonyl (C=O) groups is 2. The first-order chi connectivity index (χ1) is 12.1. The molecular weight excluding hydrogens is 326 g/mol. The predicted molar refractivity (Wildman–Crippen MR) is 90.2 cm³/mol. The molecule has 1 aromatic heterocycles. The third-order valence-corrected chi connectivity index (χ3v) is 4.04. The number of hydrogen-bond acceptors (Lipinski definition) is 6. The fourth-order valence-electron chi connectivity index (χ4n) is 2.71. The minimum absolute atomic E-state index is 0.0155. The molecule has 0 unspecified atom stereocenters. The van der Waals surface area contributed by atoms with E-state index in [1.165, 1.54) is 0 Å². The maximum Gasteiger partial charge on any atom is 0.276 e. The lowest BCUT2D eigenvalue weighted by molar-refractivity contribution is -0.121. The van der Waals surface area contributed by atoms with E-state index in [0.29, 0.717) is 32.0 Å². The Morgan fingerprint density at radius 3 is 2.96 bits per heavy atom. The molecule has 8 heteroatoms. The van der Waals surface area contributed by atoms with Crippen molar-refractivity contribution in [1.82, 2.24) is 15.4 Å². The Kier molecular flexibility index (Phi) is 7.87. The zero-order valence-electron chi connectivity index (χ0n) is 15.0. The monoisotopic (exact) mass is 353 g/mol. The van der Waals surface area contributed by atoms with Gasteiger partial charge in [0.05, 0.1) is 6.10 Å². The highest BCUT2D eigenvalue weighted by atomic mass is 16.5. The number of hydrogen-bond donors (Lipinski definition) is 1. The molecule has 2 heterocycles. The molecule has 0 bridgehead atoms. The third-order valence-electron chi connectivity index (χ3n) is 4.04. The Morgan fingerprint density at radius 2 is 2.32 bits per heavy atom. The fraction of sp³-hybridized carbons (Fsp3) is 0.706. The lowest BCUT2D eigenvalue weighted by Gasteiger charge is -2.24. The van der Waals surface area contributed by atoms with Gasteiger partial charge in [0, 0.05) is 52.4 Å². The molecule has 1 N–H and O–H groups in total. The highest BCUT2D eigenvalue weighted by Crippen LogP contribution is 2.15. The number of ether oxygens (including phenoxy) is 2. The molecule has 25 heavy (non-hydrogen) atoms. The quantitative estimate of drug-likeness (QED) is 0.634. The van der Waals surface area contributed by atoms with Gasteiger partial charge in [0.15, 0.2) is 5.69 Å². The van der Waals surface area contributed by atoms with E-state index in [1.807, 2.05) is 0 Å². The third kappa shape index (κ3) is 6.47. The molecule has 0 saturated carbocycles. The van der Waals surface area contributed by atoms with Crippen LogP contribution in [0.1, 0.15) is 41.9 Å². The van der Waals surface area contributed by atoms with Crippen molar-refractivity contribution in [2.45, 2.75) is 38.7 Å². The molecule has 2 rings (SSSR count). The summed E-state index contributed by atoms with van der Waals surface area (Å²) in [6.45, 7) is 4.41. The number of nitrogens with zero attached hydrogens (tertiary/aromatic N) is 2. The molecule has 0 spiro atoms. The topological polar surface area (TPSA) is 93.9 Å². The average molecular weight is 353 g/mol. The van der Waals surface area contributed by atoms with Gasteiger partial charge in [-0.05, 0) is 26.2 Å². The SMILES string of the molecule is COCCCNC(=O)CCN(C[C@H]1CCCO1)C(=O)c1cc(C)on1. The van der Waals surface area contributed by atoms with Crippen molar-refractivity contribution in [2.24, 2.45) is 0 Å². The summed E-state index contributed by atoms with van der Waals surface area (Å²) >= 11 is 0. The second kappa shape index (κ2) is 10.1. The molecule has 2 amide bonds. The van der Waals surface area contributed by atoms with Crippen molar-refractivity contribution >= 4 is 11.8 Å². The molecule has 1 aromatic rings. The van der Waals surface area contributed by atoms with Gasteiger partial charge in [-0.1, -0.05) is 5.16 Å². The van der Waals surface area contributed by atoms with Crippen LogP contribution in [-0.4, -0.2) is 67.9 Å². The van der Waals surface area contributed by atoms with Crippen molar-refractivity contribution < 1.29 is 23.6 Å². The summed E-state index contributed by atoms with van der Waals surface area (Å²) in [6, 6.07) is 1.61. The molecule has 1 aliphatic heterocycles. The number of methoxy groups -OCH3 is 1. The van der Waals surface area contributed by atoms with E-state index >= 15 is 0 Å². The van der Waals surface area contributed by atoms with Gasteiger partial charge in [-0.2, -0.15) is 0 Å². The fourth-order valence-corrected chi connectivity index (χ4v) is 2.71. The normalized spacial score (nSPS) is 16.8. The van der Waals surface area contributed by atoms with Crippen LogP contribution in [0.15, 0.2) is 10.6 Å². The zero-order chi connectivity index (χ0) is 18.1. The first-order valence-corrected chi connectivity index (χ1v) is 8.70. The van der Waals surface area contributed by atoms with Crippen LogP contribution in [0.2, 0.25) is 0 Å². The molecule has 1 atom stereocenters. The minimum atomic E-state index is -0.237. The predicted octanol–water partition coefficient (Wildman–Crippen LogP) is 1.15. The van der Waals surface area contributed by atoms with Gasteiger partial charge < -0.3 is 24.2 Å². The van der Waals surface area contributed by atoms with Gasteiger partial charge >= 0.3 is 0 Å². The second-order valence-corrected chi connectivity index (χ2v) is 6.16. The van der Waals surface area contributed by atoms with Crippen LogP contribution in [0.4, 0.5) is 0 Å². The van der Waals surface area contributed by atoms with Gasteiger partial charge in [0.2, 0.25) is 5.91 Å². The largest absolute Gasteiger partial charge is 0.385 e. The van der Waals surface area contributed by atoms with Crippen molar-refractivity contribution in [1.29, 1.82) is 0 Å². The second-order valence-electron chi connectivity index (χ2n) is 6.16. The molecule has 1 saturated heterocycles. The summed E-state index contributed by atoms with van der Waals surface area (Å²) in [5, 5.41) is 6.61. The van der Waals surface area contributed by atoms with Crippen LogP contribution in [0, 0.1) is 6.92 Å². The van der Waals surface area contributed by atoms with Gasteiger partial charge in [-0.3, -0.25) is 9.59 Å². The van der Waals surface area contributed by atoms with Crippen LogP contribution < -0.4 is 5.32 Å². The number of aryl methyl sites for hydroxylation is 1. The Labute approximate surface area is 147 Å². The van der Waals surface area contributed by atoms with Crippen molar-refractivity contribution in [3.63, 3.8) is 0 Å². The number of carbonyl (C=O) groups excluding carboxylic acids is 2. The van der Waals surface area contributed by atoms with Gasteiger partial charge in [-0.15, -0.1) is 0 Å².